The van der Waals surface area contributed by atoms with Gasteiger partial charge in [-0.3, -0.25) is 0 Å². The Bertz CT molecular complexity index is 566. The van der Waals surface area contributed by atoms with E-state index in [9.17, 15) is 15.5 Å². The van der Waals surface area contributed by atoms with Gasteiger partial charge in [-0.2, -0.15) is 10.4 Å². The molecule has 9 nitrogen and oxygen atoms in total. The molecule has 0 amide bonds. The minimum atomic E-state index is -2.03. The topological polar surface area (TPSA) is 148 Å². The Morgan fingerprint density at radius 1 is 1.62 bits per heavy atom. The number of nitrogens with two attached hydrogens (primary N) is 1. The van der Waals surface area contributed by atoms with E-state index in [-0.39, 0.29) is 11.5 Å². The molecule has 2 aliphatic heterocycles. The second-order valence-corrected chi connectivity index (χ2v) is 4.43. The van der Waals surface area contributed by atoms with Crippen molar-refractivity contribution < 1.29 is 20.1 Å². The standard InChI is InChI=1S/C12H15N5O4/c1-2-3-7-11(14)15-6-16-17(7)12(5-13)10(20)9(19)8(4-18)21-12/h2-3,6,8-10,18-20H,1,4H2,(H2,14,15,16)/b7-3-/t8-,9-,10-,12-/m1/s1. The van der Waals surface area contributed by atoms with Crippen LogP contribution in [0.1, 0.15) is 0 Å². The molecule has 0 unspecified atom stereocenters. The number of aliphatic hydroxyl groups excluding tert-OH is 3. The predicted octanol–water partition coefficient (Wildman–Crippen LogP) is -1.99. The van der Waals surface area contributed by atoms with Crippen molar-refractivity contribution in [2.24, 2.45) is 15.8 Å². The molecule has 21 heavy (non-hydrogen) atoms. The molecule has 2 aliphatic rings. The zero-order valence-corrected chi connectivity index (χ0v) is 11.0. The number of amidine groups is 1. The highest BCUT2D eigenvalue weighted by atomic mass is 16.6. The summed E-state index contributed by atoms with van der Waals surface area (Å²) in [5.41, 5.74) is 3.88. The largest absolute Gasteiger partial charge is 0.394 e. The van der Waals surface area contributed by atoms with Gasteiger partial charge in [0.25, 0.3) is 5.72 Å². The maximum absolute atomic E-state index is 10.2. The quantitative estimate of drug-likeness (QED) is 0.470. The van der Waals surface area contributed by atoms with Crippen LogP contribution in [-0.2, 0) is 4.74 Å². The molecule has 0 aliphatic carbocycles. The summed E-state index contributed by atoms with van der Waals surface area (Å²) in [7, 11) is 0. The summed E-state index contributed by atoms with van der Waals surface area (Å²) in [5, 5.41) is 43.6. The van der Waals surface area contributed by atoms with Crippen molar-refractivity contribution in [2.45, 2.75) is 24.0 Å². The van der Waals surface area contributed by atoms with Gasteiger partial charge in [0.2, 0.25) is 0 Å². The highest BCUT2D eigenvalue weighted by Crippen LogP contribution is 2.37. The summed E-state index contributed by atoms with van der Waals surface area (Å²) in [6.07, 6.45) is -0.282. The first kappa shape index (κ1) is 15.1. The first-order valence-electron chi connectivity index (χ1n) is 6.07. The Morgan fingerprint density at radius 2 is 2.33 bits per heavy atom. The number of ether oxygens (including phenoxy) is 1. The number of nitrogens with zero attached hydrogens (tertiary/aromatic N) is 4. The van der Waals surface area contributed by atoms with Crippen molar-refractivity contribution in [3.63, 3.8) is 0 Å². The fraction of sp³-hybridized carbons (Fsp3) is 0.417. The lowest BCUT2D eigenvalue weighted by atomic mass is 10.0. The van der Waals surface area contributed by atoms with Gasteiger partial charge < -0.3 is 25.8 Å². The number of allylic oxidation sites excluding steroid dienone is 2. The molecular formula is C12H15N5O4. The van der Waals surface area contributed by atoms with E-state index in [1.807, 2.05) is 0 Å². The van der Waals surface area contributed by atoms with E-state index in [0.29, 0.717) is 0 Å². The van der Waals surface area contributed by atoms with Gasteiger partial charge in [-0.05, 0) is 6.08 Å². The molecule has 0 aromatic carbocycles. The van der Waals surface area contributed by atoms with Gasteiger partial charge in [0, 0.05) is 0 Å². The third-order valence-corrected chi connectivity index (χ3v) is 3.22. The number of hydrazone groups is 1. The third kappa shape index (κ3) is 2.20. The molecule has 1 fully saturated rings. The lowest BCUT2D eigenvalue weighted by Gasteiger charge is -2.36. The Kier molecular flexibility index (Phi) is 4.06. The molecule has 9 heteroatoms. The summed E-state index contributed by atoms with van der Waals surface area (Å²) < 4.78 is 5.35. The molecule has 2 heterocycles. The summed E-state index contributed by atoms with van der Waals surface area (Å²) in [6, 6.07) is 1.78. The zero-order chi connectivity index (χ0) is 15.6. The summed E-state index contributed by atoms with van der Waals surface area (Å²) in [4.78, 5) is 3.79. The van der Waals surface area contributed by atoms with Crippen LogP contribution in [0.4, 0.5) is 0 Å². The number of rotatable bonds is 3. The van der Waals surface area contributed by atoms with Crippen molar-refractivity contribution in [1.82, 2.24) is 5.01 Å². The average molecular weight is 293 g/mol. The molecule has 0 bridgehead atoms. The van der Waals surface area contributed by atoms with Crippen molar-refractivity contribution in [3.05, 3.63) is 24.4 Å². The van der Waals surface area contributed by atoms with Crippen LogP contribution in [0, 0.1) is 11.3 Å². The second kappa shape index (κ2) is 5.63. The first-order valence-corrected chi connectivity index (χ1v) is 6.07. The van der Waals surface area contributed by atoms with E-state index in [4.69, 9.17) is 15.6 Å². The van der Waals surface area contributed by atoms with Crippen LogP contribution in [0.2, 0.25) is 0 Å². The van der Waals surface area contributed by atoms with E-state index < -0.39 is 30.6 Å². The Balaban J connectivity index is 2.49. The lowest BCUT2D eigenvalue weighted by molar-refractivity contribution is -0.135. The van der Waals surface area contributed by atoms with Crippen LogP contribution in [0.3, 0.4) is 0 Å². The molecule has 0 aromatic rings. The van der Waals surface area contributed by atoms with Crippen LogP contribution in [0.15, 0.2) is 34.5 Å². The number of nitriles is 1. The molecule has 0 radical (unpaired) electrons. The molecular weight excluding hydrogens is 278 g/mol. The van der Waals surface area contributed by atoms with E-state index >= 15 is 0 Å². The smallest absolute Gasteiger partial charge is 0.279 e. The normalized spacial score (nSPS) is 37.4. The highest BCUT2D eigenvalue weighted by molar-refractivity contribution is 6.02. The predicted molar refractivity (Wildman–Crippen MR) is 72.5 cm³/mol. The fourth-order valence-electron chi connectivity index (χ4n) is 2.17. The van der Waals surface area contributed by atoms with Gasteiger partial charge >= 0.3 is 0 Å². The number of aliphatic hydroxyl groups is 3. The maximum atomic E-state index is 10.2. The molecule has 0 spiro atoms. The van der Waals surface area contributed by atoms with Gasteiger partial charge in [0.15, 0.2) is 5.84 Å². The van der Waals surface area contributed by atoms with E-state index in [1.54, 1.807) is 6.07 Å². The van der Waals surface area contributed by atoms with Crippen molar-refractivity contribution >= 4 is 12.2 Å². The van der Waals surface area contributed by atoms with Gasteiger partial charge in [-0.25, -0.2) is 10.0 Å². The van der Waals surface area contributed by atoms with Crippen LogP contribution < -0.4 is 5.73 Å². The van der Waals surface area contributed by atoms with Gasteiger partial charge in [-0.15, -0.1) is 0 Å². The SMILES string of the molecule is C=C/C=C1/C(N)=NC=NN1[C@]1(C#N)O[C@H](CO)[C@@H](O)[C@H]1O. The van der Waals surface area contributed by atoms with Gasteiger partial charge in [0.1, 0.15) is 36.4 Å². The van der Waals surface area contributed by atoms with Crippen molar-refractivity contribution in [3.8, 4) is 6.07 Å². The van der Waals surface area contributed by atoms with Crippen LogP contribution in [0.25, 0.3) is 0 Å². The average Bonchev–Trinajstić information content (AvgIpc) is 2.74. The molecule has 112 valence electrons. The zero-order valence-electron chi connectivity index (χ0n) is 11.0. The number of hydrogen-bond donors (Lipinski definition) is 4. The lowest BCUT2D eigenvalue weighted by Crippen LogP contribution is -2.55. The Labute approximate surface area is 120 Å². The van der Waals surface area contributed by atoms with E-state index in [1.165, 1.54) is 12.2 Å². The fourth-order valence-corrected chi connectivity index (χ4v) is 2.17. The van der Waals surface area contributed by atoms with Crippen LogP contribution in [0.5, 0.6) is 0 Å². The van der Waals surface area contributed by atoms with Crippen molar-refractivity contribution in [2.75, 3.05) is 6.61 Å². The maximum Gasteiger partial charge on any atom is 0.279 e. The molecule has 1 saturated heterocycles. The van der Waals surface area contributed by atoms with Gasteiger partial charge in [0.05, 0.1) is 6.61 Å². The minimum Gasteiger partial charge on any atom is -0.394 e. The highest BCUT2D eigenvalue weighted by Gasteiger charge is 2.60. The molecule has 0 aromatic heterocycles. The second-order valence-electron chi connectivity index (χ2n) is 4.43. The third-order valence-electron chi connectivity index (χ3n) is 3.22. The molecule has 4 atom stereocenters. The summed E-state index contributed by atoms with van der Waals surface area (Å²) in [5.74, 6) is 0.0391. The molecule has 5 N–H and O–H groups in total. The monoisotopic (exact) mass is 293 g/mol. The summed E-state index contributed by atoms with van der Waals surface area (Å²) >= 11 is 0. The minimum absolute atomic E-state index is 0.0391. The van der Waals surface area contributed by atoms with Gasteiger partial charge in [-0.1, -0.05) is 12.7 Å². The first-order chi connectivity index (χ1) is 10.0. The molecule has 2 rings (SSSR count). The Hall–Kier alpha value is -2.25. The Morgan fingerprint density at radius 3 is 2.86 bits per heavy atom. The van der Waals surface area contributed by atoms with Crippen LogP contribution >= 0.6 is 0 Å². The number of aliphatic imine (C=N–C) groups is 1. The molecule has 0 saturated carbocycles. The summed E-state index contributed by atoms with van der Waals surface area (Å²) in [6.45, 7) is 2.96. The van der Waals surface area contributed by atoms with E-state index in [0.717, 1.165) is 11.3 Å². The van der Waals surface area contributed by atoms with Crippen molar-refractivity contribution in [1.29, 1.82) is 5.26 Å². The van der Waals surface area contributed by atoms with Crippen LogP contribution in [-0.4, -0.2) is 63.1 Å². The number of hydrogen-bond acceptors (Lipinski definition) is 9. The van der Waals surface area contributed by atoms with E-state index in [2.05, 4.69) is 16.7 Å².